The molecule has 1 atom stereocenters. The number of aliphatic hydroxyl groups is 1. The van der Waals surface area contributed by atoms with Crippen LogP contribution in [0.5, 0.6) is 17.2 Å². The van der Waals surface area contributed by atoms with E-state index < -0.39 is 6.10 Å². The zero-order valence-corrected chi connectivity index (χ0v) is 17.2. The highest BCUT2D eigenvalue weighted by atomic mass is 16.7. The maximum absolute atomic E-state index is 10.3. The number of benzene rings is 2. The van der Waals surface area contributed by atoms with Crippen molar-refractivity contribution < 1.29 is 19.3 Å². The van der Waals surface area contributed by atoms with Gasteiger partial charge >= 0.3 is 0 Å². The number of nitrogens with zero attached hydrogens (tertiary/aromatic N) is 2. The summed E-state index contributed by atoms with van der Waals surface area (Å²) < 4.78 is 18.2. The second-order valence-electron chi connectivity index (χ2n) is 7.59. The Labute approximate surface area is 176 Å². The predicted octanol–water partition coefficient (Wildman–Crippen LogP) is 3.25. The van der Waals surface area contributed by atoms with Crippen LogP contribution in [0.25, 0.3) is 5.69 Å². The standard InChI is InChI=1S/C23H27N3O4/c1-16(2)23-17(13-26(25-23)18-6-4-3-5-7-18)11-24-12-19(27)14-28-20-8-9-21-22(10-20)30-15-29-21/h3-10,13,16,19,24,27H,11-12,14-15H2,1-2H3. The van der Waals surface area contributed by atoms with Crippen molar-refractivity contribution >= 4 is 0 Å². The van der Waals surface area contributed by atoms with Gasteiger partial charge in [-0.3, -0.25) is 0 Å². The molecule has 0 saturated heterocycles. The van der Waals surface area contributed by atoms with Crippen LogP contribution in [0.1, 0.15) is 31.0 Å². The zero-order valence-electron chi connectivity index (χ0n) is 17.2. The SMILES string of the molecule is CC(C)c1nn(-c2ccccc2)cc1CNCC(O)COc1ccc2c(c1)OCO2. The van der Waals surface area contributed by atoms with E-state index in [1.165, 1.54) is 0 Å². The van der Waals surface area contributed by atoms with Crippen LogP contribution in [0.3, 0.4) is 0 Å². The Morgan fingerprint density at radius 1 is 1.13 bits per heavy atom. The third-order valence-electron chi connectivity index (χ3n) is 4.87. The van der Waals surface area contributed by atoms with Crippen molar-refractivity contribution in [3.63, 3.8) is 0 Å². The summed E-state index contributed by atoms with van der Waals surface area (Å²) in [5, 5.41) is 18.3. The highest BCUT2D eigenvalue weighted by Crippen LogP contribution is 2.35. The lowest BCUT2D eigenvalue weighted by Gasteiger charge is -2.14. The highest BCUT2D eigenvalue weighted by molar-refractivity contribution is 5.46. The maximum Gasteiger partial charge on any atom is 0.231 e. The molecule has 7 heteroatoms. The molecule has 0 saturated carbocycles. The number of hydrogen-bond donors (Lipinski definition) is 2. The molecule has 0 bridgehead atoms. The van der Waals surface area contributed by atoms with Gasteiger partial charge in [0.1, 0.15) is 18.5 Å². The first-order chi connectivity index (χ1) is 14.6. The Bertz CT molecular complexity index is 972. The number of hydrogen-bond acceptors (Lipinski definition) is 6. The Balaban J connectivity index is 1.29. The van der Waals surface area contributed by atoms with Crippen molar-refractivity contribution in [1.82, 2.24) is 15.1 Å². The third-order valence-corrected chi connectivity index (χ3v) is 4.87. The lowest BCUT2D eigenvalue weighted by atomic mass is 10.1. The first-order valence-corrected chi connectivity index (χ1v) is 10.1. The maximum atomic E-state index is 10.3. The summed E-state index contributed by atoms with van der Waals surface area (Å²) in [6, 6.07) is 15.4. The molecule has 2 aromatic carbocycles. The van der Waals surface area contributed by atoms with E-state index in [0.717, 1.165) is 16.9 Å². The van der Waals surface area contributed by atoms with Crippen LogP contribution in [0.2, 0.25) is 0 Å². The van der Waals surface area contributed by atoms with E-state index in [0.29, 0.717) is 36.3 Å². The molecule has 0 fully saturated rings. The fourth-order valence-electron chi connectivity index (χ4n) is 3.35. The average Bonchev–Trinajstić information content (AvgIpc) is 3.39. The van der Waals surface area contributed by atoms with Gasteiger partial charge in [0, 0.05) is 30.9 Å². The summed E-state index contributed by atoms with van der Waals surface area (Å²) in [6.45, 7) is 5.72. The number of aromatic nitrogens is 2. The summed E-state index contributed by atoms with van der Waals surface area (Å²) >= 11 is 0. The molecule has 1 unspecified atom stereocenters. The largest absolute Gasteiger partial charge is 0.491 e. The minimum atomic E-state index is -0.637. The summed E-state index contributed by atoms with van der Waals surface area (Å²) in [6.07, 6.45) is 1.41. The highest BCUT2D eigenvalue weighted by Gasteiger charge is 2.16. The molecule has 2 N–H and O–H groups in total. The van der Waals surface area contributed by atoms with E-state index in [2.05, 4.69) is 19.2 Å². The molecule has 1 aliphatic rings. The first-order valence-electron chi connectivity index (χ1n) is 10.1. The van der Waals surface area contributed by atoms with Crippen molar-refractivity contribution in [3.05, 3.63) is 66.0 Å². The average molecular weight is 409 g/mol. The zero-order chi connectivity index (χ0) is 20.9. The molecular formula is C23H27N3O4. The van der Waals surface area contributed by atoms with E-state index in [1.807, 2.05) is 41.2 Å². The molecule has 4 rings (SSSR count). The van der Waals surface area contributed by atoms with Crippen molar-refractivity contribution in [2.45, 2.75) is 32.4 Å². The number of fused-ring (bicyclic) bond motifs is 1. The fourth-order valence-corrected chi connectivity index (χ4v) is 3.35. The monoisotopic (exact) mass is 409 g/mol. The van der Waals surface area contributed by atoms with E-state index >= 15 is 0 Å². The summed E-state index contributed by atoms with van der Waals surface area (Å²) in [5.41, 5.74) is 3.21. The molecule has 158 valence electrons. The summed E-state index contributed by atoms with van der Waals surface area (Å²) in [4.78, 5) is 0. The van der Waals surface area contributed by atoms with E-state index in [9.17, 15) is 5.11 Å². The van der Waals surface area contributed by atoms with Crippen molar-refractivity contribution in [2.75, 3.05) is 19.9 Å². The molecule has 1 aromatic heterocycles. The van der Waals surface area contributed by atoms with E-state index in [4.69, 9.17) is 19.3 Å². The van der Waals surface area contributed by atoms with Gasteiger partial charge in [0.15, 0.2) is 11.5 Å². The van der Waals surface area contributed by atoms with Gasteiger partial charge in [-0.05, 0) is 30.2 Å². The smallest absolute Gasteiger partial charge is 0.231 e. The number of nitrogens with one attached hydrogen (secondary N) is 1. The Morgan fingerprint density at radius 3 is 2.73 bits per heavy atom. The van der Waals surface area contributed by atoms with Gasteiger partial charge in [0.25, 0.3) is 0 Å². The second kappa shape index (κ2) is 9.19. The van der Waals surface area contributed by atoms with Gasteiger partial charge < -0.3 is 24.6 Å². The number of rotatable bonds is 9. The predicted molar refractivity (Wildman–Crippen MR) is 113 cm³/mol. The molecule has 30 heavy (non-hydrogen) atoms. The van der Waals surface area contributed by atoms with Crippen LogP contribution < -0.4 is 19.5 Å². The minimum absolute atomic E-state index is 0.187. The molecule has 0 radical (unpaired) electrons. The van der Waals surface area contributed by atoms with Gasteiger partial charge in [-0.15, -0.1) is 0 Å². The molecule has 7 nitrogen and oxygen atoms in total. The molecular weight excluding hydrogens is 382 g/mol. The van der Waals surface area contributed by atoms with Crippen LogP contribution in [0, 0.1) is 0 Å². The summed E-state index contributed by atoms with van der Waals surface area (Å²) in [5.74, 6) is 2.33. The molecule has 0 aliphatic carbocycles. The second-order valence-corrected chi connectivity index (χ2v) is 7.59. The Morgan fingerprint density at radius 2 is 1.93 bits per heavy atom. The van der Waals surface area contributed by atoms with Crippen molar-refractivity contribution in [3.8, 4) is 22.9 Å². The van der Waals surface area contributed by atoms with Crippen LogP contribution in [-0.2, 0) is 6.54 Å². The lowest BCUT2D eigenvalue weighted by molar-refractivity contribution is 0.106. The molecule has 2 heterocycles. The van der Waals surface area contributed by atoms with Crippen LogP contribution in [-0.4, -0.2) is 40.9 Å². The van der Waals surface area contributed by atoms with Crippen molar-refractivity contribution in [1.29, 1.82) is 0 Å². The Kier molecular flexibility index (Phi) is 6.21. The van der Waals surface area contributed by atoms with Crippen molar-refractivity contribution in [2.24, 2.45) is 0 Å². The van der Waals surface area contributed by atoms with Gasteiger partial charge in [0.05, 0.1) is 11.4 Å². The lowest BCUT2D eigenvalue weighted by Crippen LogP contribution is -2.31. The van der Waals surface area contributed by atoms with Crippen LogP contribution in [0.4, 0.5) is 0 Å². The van der Waals surface area contributed by atoms with Crippen LogP contribution in [0.15, 0.2) is 54.7 Å². The summed E-state index contributed by atoms with van der Waals surface area (Å²) in [7, 11) is 0. The minimum Gasteiger partial charge on any atom is -0.491 e. The fraction of sp³-hybridized carbons (Fsp3) is 0.348. The first kappa shape index (κ1) is 20.3. The van der Waals surface area contributed by atoms with Gasteiger partial charge in [-0.1, -0.05) is 32.0 Å². The van der Waals surface area contributed by atoms with Gasteiger partial charge in [-0.2, -0.15) is 5.10 Å². The normalized spacial score (nSPS) is 13.6. The molecule has 3 aromatic rings. The van der Waals surface area contributed by atoms with E-state index in [-0.39, 0.29) is 13.4 Å². The molecule has 0 amide bonds. The van der Waals surface area contributed by atoms with Gasteiger partial charge in [0.2, 0.25) is 6.79 Å². The van der Waals surface area contributed by atoms with Gasteiger partial charge in [-0.25, -0.2) is 4.68 Å². The number of para-hydroxylation sites is 1. The molecule has 0 spiro atoms. The quantitative estimate of drug-likeness (QED) is 0.565. The Hall–Kier alpha value is -3.03. The van der Waals surface area contributed by atoms with E-state index in [1.54, 1.807) is 18.2 Å². The number of ether oxygens (including phenoxy) is 3. The third kappa shape index (κ3) is 4.75. The molecule has 1 aliphatic heterocycles. The van der Waals surface area contributed by atoms with Crippen LogP contribution >= 0.6 is 0 Å². The topological polar surface area (TPSA) is 77.8 Å². The number of aliphatic hydroxyl groups excluding tert-OH is 1.